The number of carbonyl (C=O) groups excluding carboxylic acids is 3. The van der Waals surface area contributed by atoms with Crippen LogP contribution in [0.25, 0.3) is 33.1 Å². The summed E-state index contributed by atoms with van der Waals surface area (Å²) in [7, 11) is 1.62. The minimum Gasteiger partial charge on any atom is -0.497 e. The van der Waals surface area contributed by atoms with Crippen molar-refractivity contribution < 1.29 is 19.1 Å². The highest BCUT2D eigenvalue weighted by molar-refractivity contribution is 5.94. The van der Waals surface area contributed by atoms with E-state index in [1.165, 1.54) is 0 Å². The molecule has 0 aliphatic rings. The maximum Gasteiger partial charge on any atom is 0.242 e. The third-order valence-electron chi connectivity index (χ3n) is 9.12. The van der Waals surface area contributed by atoms with Gasteiger partial charge < -0.3 is 25.3 Å². The van der Waals surface area contributed by atoms with E-state index in [1.54, 1.807) is 7.11 Å². The van der Waals surface area contributed by atoms with Gasteiger partial charge in [-0.05, 0) is 73.6 Å². The molecule has 0 aliphatic carbocycles. The predicted molar refractivity (Wildman–Crippen MR) is 193 cm³/mol. The molecule has 8 nitrogen and oxygen atoms in total. The van der Waals surface area contributed by atoms with Gasteiger partial charge in [0, 0.05) is 52.6 Å². The van der Waals surface area contributed by atoms with E-state index in [1.807, 2.05) is 55.5 Å². The van der Waals surface area contributed by atoms with E-state index in [-0.39, 0.29) is 18.2 Å². The Bertz CT molecular complexity index is 1840. The van der Waals surface area contributed by atoms with Gasteiger partial charge in [-0.2, -0.15) is 0 Å². The molecular weight excluding hydrogens is 600 g/mol. The Kier molecular flexibility index (Phi) is 12.1. The molecule has 0 radical (unpaired) electrons. The molecule has 1 unspecified atom stereocenters. The van der Waals surface area contributed by atoms with Crippen molar-refractivity contribution in [1.82, 2.24) is 20.6 Å². The standard InChI is InChI=1S/C40H48N4O4/c1-4-5-16-29(45)17-10-7-11-20-37(43-38(46)26-33-27(2)42-36-22-21-30(48-3)25-34(33)36)40(47)41-24-23-32-31-18-12-13-19-35(31)44-39(32)28-14-8-6-9-15-28/h6,8-9,12-15,18-19,21-22,25,37,42,44H,4-5,7,10-11,16-17,20,23-24,26H2,1-3H3,(H,41,47)(H,43,46). The van der Waals surface area contributed by atoms with Gasteiger partial charge in [0.05, 0.1) is 13.5 Å². The second-order valence-corrected chi connectivity index (χ2v) is 12.6. The Balaban J connectivity index is 1.26. The summed E-state index contributed by atoms with van der Waals surface area (Å²) in [6.45, 7) is 4.47. The van der Waals surface area contributed by atoms with Crippen molar-refractivity contribution in [3.05, 3.63) is 89.6 Å². The molecule has 8 heteroatoms. The van der Waals surface area contributed by atoms with Crippen molar-refractivity contribution in [2.24, 2.45) is 0 Å². The molecule has 0 aliphatic heterocycles. The minimum absolute atomic E-state index is 0.143. The van der Waals surface area contributed by atoms with E-state index in [0.29, 0.717) is 38.0 Å². The Labute approximate surface area is 283 Å². The molecular formula is C40H48N4O4. The van der Waals surface area contributed by atoms with Crippen LogP contribution >= 0.6 is 0 Å². The van der Waals surface area contributed by atoms with E-state index in [9.17, 15) is 14.4 Å². The highest BCUT2D eigenvalue weighted by atomic mass is 16.5. The average Bonchev–Trinajstić information content (AvgIpc) is 3.63. The summed E-state index contributed by atoms with van der Waals surface area (Å²) in [6, 6.07) is 23.5. The minimum atomic E-state index is -0.676. The zero-order valence-electron chi connectivity index (χ0n) is 28.4. The number of para-hydroxylation sites is 1. The molecule has 5 rings (SSSR count). The van der Waals surface area contributed by atoms with Crippen LogP contribution in [0.2, 0.25) is 0 Å². The van der Waals surface area contributed by atoms with Crippen LogP contribution < -0.4 is 15.4 Å². The number of rotatable bonds is 18. The van der Waals surface area contributed by atoms with Crippen molar-refractivity contribution in [2.75, 3.05) is 13.7 Å². The summed E-state index contributed by atoms with van der Waals surface area (Å²) in [5.74, 6) is 0.622. The zero-order chi connectivity index (χ0) is 33.9. The lowest BCUT2D eigenvalue weighted by molar-refractivity contribution is -0.128. The van der Waals surface area contributed by atoms with E-state index < -0.39 is 6.04 Å². The molecule has 2 heterocycles. The number of carbonyl (C=O) groups is 3. The molecule has 252 valence electrons. The van der Waals surface area contributed by atoms with Crippen LogP contribution in [0, 0.1) is 6.92 Å². The number of hydrogen-bond acceptors (Lipinski definition) is 4. The molecule has 0 fully saturated rings. The van der Waals surface area contributed by atoms with Gasteiger partial charge in [0.2, 0.25) is 11.8 Å². The number of ether oxygens (including phenoxy) is 1. The summed E-state index contributed by atoms with van der Waals surface area (Å²) in [5, 5.41) is 8.24. The molecule has 0 saturated heterocycles. The lowest BCUT2D eigenvalue weighted by Gasteiger charge is -2.19. The zero-order valence-corrected chi connectivity index (χ0v) is 28.4. The molecule has 0 bridgehead atoms. The fourth-order valence-electron chi connectivity index (χ4n) is 6.48. The summed E-state index contributed by atoms with van der Waals surface area (Å²) >= 11 is 0. The summed E-state index contributed by atoms with van der Waals surface area (Å²) in [5.41, 5.74) is 7.09. The molecule has 4 N–H and O–H groups in total. The topological polar surface area (TPSA) is 116 Å². The van der Waals surface area contributed by atoms with Gasteiger partial charge in [0.1, 0.15) is 17.6 Å². The molecule has 2 aromatic heterocycles. The number of fused-ring (bicyclic) bond motifs is 2. The maximum absolute atomic E-state index is 13.7. The van der Waals surface area contributed by atoms with Gasteiger partial charge >= 0.3 is 0 Å². The number of methoxy groups -OCH3 is 1. The molecule has 3 aromatic carbocycles. The van der Waals surface area contributed by atoms with Crippen LogP contribution in [0.15, 0.2) is 72.8 Å². The maximum atomic E-state index is 13.7. The second kappa shape index (κ2) is 16.8. The number of H-pyrrole nitrogens is 2. The molecule has 5 aromatic rings. The Morgan fingerprint density at radius 2 is 1.56 bits per heavy atom. The smallest absolute Gasteiger partial charge is 0.242 e. The first kappa shape index (κ1) is 34.5. The lowest BCUT2D eigenvalue weighted by Crippen LogP contribution is -2.47. The highest BCUT2D eigenvalue weighted by Crippen LogP contribution is 2.31. The third kappa shape index (κ3) is 8.73. The largest absolute Gasteiger partial charge is 0.497 e. The van der Waals surface area contributed by atoms with Gasteiger partial charge in [-0.3, -0.25) is 14.4 Å². The van der Waals surface area contributed by atoms with Crippen LogP contribution in [0.5, 0.6) is 5.75 Å². The Hall–Kier alpha value is -4.85. The predicted octanol–water partition coefficient (Wildman–Crippen LogP) is 7.73. The normalized spacial score (nSPS) is 11.9. The number of unbranched alkanes of at least 4 members (excludes halogenated alkanes) is 3. The SMILES string of the molecule is CCCCC(=O)CCCCCC(NC(=O)Cc1c(C)[nH]c2ccc(OC)cc12)C(=O)NCCc1c(-c2ccccc2)[nH]c2ccccc12. The molecule has 2 amide bonds. The number of amides is 2. The van der Waals surface area contributed by atoms with Crippen molar-refractivity contribution in [3.63, 3.8) is 0 Å². The second-order valence-electron chi connectivity index (χ2n) is 12.6. The molecule has 1 atom stereocenters. The van der Waals surface area contributed by atoms with Crippen molar-refractivity contribution >= 4 is 39.4 Å². The first-order valence-corrected chi connectivity index (χ1v) is 17.3. The van der Waals surface area contributed by atoms with Crippen LogP contribution in [0.1, 0.15) is 75.1 Å². The van der Waals surface area contributed by atoms with Gasteiger partial charge in [-0.25, -0.2) is 0 Å². The van der Waals surface area contributed by atoms with E-state index in [2.05, 4.69) is 51.8 Å². The van der Waals surface area contributed by atoms with E-state index in [4.69, 9.17) is 4.74 Å². The number of aryl methyl sites for hydroxylation is 1. The highest BCUT2D eigenvalue weighted by Gasteiger charge is 2.23. The Morgan fingerprint density at radius 1 is 0.812 bits per heavy atom. The summed E-state index contributed by atoms with van der Waals surface area (Å²) < 4.78 is 5.42. The van der Waals surface area contributed by atoms with E-state index in [0.717, 1.165) is 87.7 Å². The van der Waals surface area contributed by atoms with Gasteiger partial charge in [-0.15, -0.1) is 0 Å². The number of ketones is 1. The molecule has 0 spiro atoms. The van der Waals surface area contributed by atoms with Crippen LogP contribution in [0.3, 0.4) is 0 Å². The average molecular weight is 649 g/mol. The number of hydrogen-bond donors (Lipinski definition) is 4. The fourth-order valence-corrected chi connectivity index (χ4v) is 6.48. The quantitative estimate of drug-likeness (QED) is 0.0728. The lowest BCUT2D eigenvalue weighted by atomic mass is 10.0. The summed E-state index contributed by atoms with van der Waals surface area (Å²) in [6.07, 6.45) is 6.80. The molecule has 48 heavy (non-hydrogen) atoms. The van der Waals surface area contributed by atoms with Gasteiger partial charge in [0.25, 0.3) is 0 Å². The van der Waals surface area contributed by atoms with Crippen molar-refractivity contribution in [2.45, 2.75) is 84.1 Å². The monoisotopic (exact) mass is 648 g/mol. The van der Waals surface area contributed by atoms with Gasteiger partial charge in [-0.1, -0.05) is 74.7 Å². The third-order valence-corrected chi connectivity index (χ3v) is 9.12. The van der Waals surface area contributed by atoms with E-state index >= 15 is 0 Å². The first-order valence-electron chi connectivity index (χ1n) is 17.3. The number of benzene rings is 3. The van der Waals surface area contributed by atoms with Crippen molar-refractivity contribution in [1.29, 1.82) is 0 Å². The van der Waals surface area contributed by atoms with Crippen LogP contribution in [-0.4, -0.2) is 47.3 Å². The van der Waals surface area contributed by atoms with Gasteiger partial charge in [0.15, 0.2) is 0 Å². The fraction of sp³-hybridized carbons (Fsp3) is 0.375. The molecule has 0 saturated carbocycles. The number of aromatic amines is 2. The number of aromatic nitrogens is 2. The van der Waals surface area contributed by atoms with Crippen LogP contribution in [0.4, 0.5) is 0 Å². The van der Waals surface area contributed by atoms with Crippen LogP contribution in [-0.2, 0) is 27.2 Å². The summed E-state index contributed by atoms with van der Waals surface area (Å²) in [4.78, 5) is 46.2. The van der Waals surface area contributed by atoms with Crippen molar-refractivity contribution in [3.8, 4) is 17.0 Å². The Morgan fingerprint density at radius 3 is 2.35 bits per heavy atom. The number of Topliss-reactive ketones (excluding diaryl/α,β-unsaturated/α-hetero) is 1. The first-order chi connectivity index (χ1) is 23.4. The number of nitrogens with one attached hydrogen (secondary N) is 4.